The lowest BCUT2D eigenvalue weighted by atomic mass is 10.1. The lowest BCUT2D eigenvalue weighted by molar-refractivity contribution is 0.0949. The summed E-state index contributed by atoms with van der Waals surface area (Å²) in [5.74, 6) is 0.393. The van der Waals surface area contributed by atoms with Crippen molar-refractivity contribution in [2.45, 2.75) is 56.5 Å². The second-order valence-electron chi connectivity index (χ2n) is 7.51. The zero-order chi connectivity index (χ0) is 19.7. The van der Waals surface area contributed by atoms with Crippen LogP contribution < -0.4 is 5.32 Å². The molecule has 2 heterocycles. The van der Waals surface area contributed by atoms with Gasteiger partial charge in [0.15, 0.2) is 5.82 Å². The quantitative estimate of drug-likeness (QED) is 0.796. The van der Waals surface area contributed by atoms with Gasteiger partial charge in [-0.15, -0.1) is 10.2 Å². The first-order chi connectivity index (χ1) is 13.5. The molecule has 9 heteroatoms. The lowest BCUT2D eigenvalue weighted by Crippen LogP contribution is -2.36. The summed E-state index contributed by atoms with van der Waals surface area (Å²) in [4.78, 5) is 12.8. The van der Waals surface area contributed by atoms with E-state index >= 15 is 0 Å². The van der Waals surface area contributed by atoms with Gasteiger partial charge < -0.3 is 9.88 Å². The van der Waals surface area contributed by atoms with Crippen LogP contribution in [0, 0.1) is 6.92 Å². The van der Waals surface area contributed by atoms with Gasteiger partial charge in [0, 0.05) is 24.7 Å². The van der Waals surface area contributed by atoms with Crippen LogP contribution in [0.15, 0.2) is 29.4 Å². The SMILES string of the molecule is Cc1ccc(C(=O)NCc2nncn2C2CC2)cc1S(=O)(=O)N1CCCCC1. The third-order valence-electron chi connectivity index (χ3n) is 5.38. The van der Waals surface area contributed by atoms with E-state index in [-0.39, 0.29) is 17.3 Å². The normalized spacial score (nSPS) is 18.2. The Labute approximate surface area is 165 Å². The molecule has 0 bridgehead atoms. The van der Waals surface area contributed by atoms with Crippen molar-refractivity contribution in [1.82, 2.24) is 24.4 Å². The van der Waals surface area contributed by atoms with E-state index in [4.69, 9.17) is 0 Å². The van der Waals surface area contributed by atoms with Crippen molar-refractivity contribution < 1.29 is 13.2 Å². The summed E-state index contributed by atoms with van der Waals surface area (Å²) < 4.78 is 29.6. The highest BCUT2D eigenvalue weighted by Gasteiger charge is 2.28. The van der Waals surface area contributed by atoms with Crippen molar-refractivity contribution >= 4 is 15.9 Å². The first kappa shape index (κ1) is 19.1. The molecule has 1 aliphatic carbocycles. The van der Waals surface area contributed by atoms with E-state index in [1.807, 2.05) is 4.57 Å². The highest BCUT2D eigenvalue weighted by atomic mass is 32.2. The standard InChI is InChI=1S/C19H25N5O3S/c1-14-5-6-15(11-17(14)28(26,27)23-9-3-2-4-10-23)19(25)20-12-18-22-21-13-24(18)16-7-8-16/h5-6,11,13,16H,2-4,7-10,12H2,1H3,(H,20,25). The maximum absolute atomic E-state index is 13.0. The summed E-state index contributed by atoms with van der Waals surface area (Å²) in [7, 11) is -3.59. The molecule has 1 aromatic heterocycles. The Bertz CT molecular complexity index is 975. The summed E-state index contributed by atoms with van der Waals surface area (Å²) in [6.07, 6.45) is 6.71. The van der Waals surface area contributed by atoms with Crippen LogP contribution in [0.2, 0.25) is 0 Å². The van der Waals surface area contributed by atoms with Crippen molar-refractivity contribution in [3.8, 4) is 0 Å². The average molecular weight is 404 g/mol. The molecular weight excluding hydrogens is 378 g/mol. The van der Waals surface area contributed by atoms with Crippen LogP contribution in [-0.2, 0) is 16.6 Å². The summed E-state index contributed by atoms with van der Waals surface area (Å²) in [5, 5.41) is 10.8. The van der Waals surface area contributed by atoms with Crippen LogP contribution in [0.5, 0.6) is 0 Å². The fraction of sp³-hybridized carbons (Fsp3) is 0.526. The number of nitrogens with zero attached hydrogens (tertiary/aromatic N) is 4. The maximum Gasteiger partial charge on any atom is 0.251 e. The molecule has 0 atom stereocenters. The number of piperidine rings is 1. The number of sulfonamides is 1. The van der Waals surface area contributed by atoms with Crippen molar-refractivity contribution in [2.24, 2.45) is 0 Å². The summed E-state index contributed by atoms with van der Waals surface area (Å²) in [6.45, 7) is 3.10. The van der Waals surface area contributed by atoms with Gasteiger partial charge in [0.05, 0.1) is 11.4 Å². The maximum atomic E-state index is 13.0. The molecule has 0 radical (unpaired) electrons. The Kier molecular flexibility index (Phi) is 5.20. The van der Waals surface area contributed by atoms with Gasteiger partial charge in [-0.1, -0.05) is 12.5 Å². The van der Waals surface area contributed by atoms with Crippen molar-refractivity contribution in [3.05, 3.63) is 41.5 Å². The Morgan fingerprint density at radius 1 is 1.21 bits per heavy atom. The number of benzene rings is 1. The molecule has 2 aromatic rings. The van der Waals surface area contributed by atoms with E-state index in [0.717, 1.165) is 32.1 Å². The van der Waals surface area contributed by atoms with Gasteiger partial charge in [-0.05, 0) is 50.3 Å². The minimum atomic E-state index is -3.59. The number of amides is 1. The van der Waals surface area contributed by atoms with Crippen molar-refractivity contribution in [2.75, 3.05) is 13.1 Å². The van der Waals surface area contributed by atoms with Gasteiger partial charge in [0.2, 0.25) is 10.0 Å². The largest absolute Gasteiger partial charge is 0.345 e. The molecule has 4 rings (SSSR count). The van der Waals surface area contributed by atoms with E-state index in [1.54, 1.807) is 25.4 Å². The number of aromatic nitrogens is 3. The zero-order valence-electron chi connectivity index (χ0n) is 16.0. The highest BCUT2D eigenvalue weighted by Crippen LogP contribution is 2.35. The summed E-state index contributed by atoms with van der Waals surface area (Å²) in [6, 6.07) is 5.27. The molecule has 150 valence electrons. The smallest absolute Gasteiger partial charge is 0.251 e. The zero-order valence-corrected chi connectivity index (χ0v) is 16.8. The number of rotatable bonds is 6. The van der Waals surface area contributed by atoms with Crippen LogP contribution in [0.3, 0.4) is 0 Å². The minimum Gasteiger partial charge on any atom is -0.345 e. The molecule has 1 N–H and O–H groups in total. The minimum absolute atomic E-state index is 0.211. The van der Waals surface area contributed by atoms with Crippen molar-refractivity contribution in [3.63, 3.8) is 0 Å². The van der Waals surface area contributed by atoms with E-state index in [0.29, 0.717) is 36.1 Å². The third kappa shape index (κ3) is 3.81. The van der Waals surface area contributed by atoms with Crippen LogP contribution in [-0.4, -0.2) is 46.5 Å². The fourth-order valence-corrected chi connectivity index (χ4v) is 5.34. The van der Waals surface area contributed by atoms with Gasteiger partial charge in [-0.2, -0.15) is 4.31 Å². The number of carbonyl (C=O) groups excluding carboxylic acids is 1. The van der Waals surface area contributed by atoms with Crippen LogP contribution in [0.1, 0.15) is 59.9 Å². The molecule has 28 heavy (non-hydrogen) atoms. The topological polar surface area (TPSA) is 97.2 Å². The lowest BCUT2D eigenvalue weighted by Gasteiger charge is -2.26. The molecule has 1 saturated carbocycles. The summed E-state index contributed by atoms with van der Waals surface area (Å²) in [5.41, 5.74) is 0.981. The number of hydrogen-bond donors (Lipinski definition) is 1. The number of aryl methyl sites for hydroxylation is 1. The molecule has 0 unspecified atom stereocenters. The van der Waals surface area contributed by atoms with Gasteiger partial charge >= 0.3 is 0 Å². The number of hydrogen-bond acceptors (Lipinski definition) is 5. The molecule has 1 saturated heterocycles. The van der Waals surface area contributed by atoms with Gasteiger partial charge in [0.25, 0.3) is 5.91 Å². The van der Waals surface area contributed by atoms with E-state index < -0.39 is 10.0 Å². The van der Waals surface area contributed by atoms with Gasteiger partial charge in [-0.25, -0.2) is 8.42 Å². The molecule has 2 aliphatic rings. The monoisotopic (exact) mass is 403 g/mol. The Balaban J connectivity index is 1.51. The molecule has 1 amide bonds. The predicted molar refractivity (Wildman–Crippen MR) is 103 cm³/mol. The van der Waals surface area contributed by atoms with Gasteiger partial charge in [0.1, 0.15) is 6.33 Å². The summed E-state index contributed by atoms with van der Waals surface area (Å²) >= 11 is 0. The molecule has 0 spiro atoms. The Hall–Kier alpha value is -2.26. The number of nitrogens with one attached hydrogen (secondary N) is 1. The first-order valence-electron chi connectivity index (χ1n) is 9.74. The molecule has 2 fully saturated rings. The van der Waals surface area contributed by atoms with Crippen LogP contribution in [0.25, 0.3) is 0 Å². The van der Waals surface area contributed by atoms with Gasteiger partial charge in [-0.3, -0.25) is 4.79 Å². The highest BCUT2D eigenvalue weighted by molar-refractivity contribution is 7.89. The second kappa shape index (κ2) is 7.63. The molecule has 1 aromatic carbocycles. The molecule has 1 aliphatic heterocycles. The Morgan fingerprint density at radius 3 is 2.68 bits per heavy atom. The fourth-order valence-electron chi connectivity index (χ4n) is 3.58. The second-order valence-corrected chi connectivity index (χ2v) is 9.42. The average Bonchev–Trinajstić information content (AvgIpc) is 3.44. The molecular formula is C19H25N5O3S. The number of carbonyl (C=O) groups is 1. The Morgan fingerprint density at radius 2 is 1.96 bits per heavy atom. The van der Waals surface area contributed by atoms with Crippen LogP contribution >= 0.6 is 0 Å². The van der Waals surface area contributed by atoms with E-state index in [1.165, 1.54) is 10.4 Å². The van der Waals surface area contributed by atoms with E-state index in [2.05, 4.69) is 15.5 Å². The van der Waals surface area contributed by atoms with E-state index in [9.17, 15) is 13.2 Å². The van der Waals surface area contributed by atoms with Crippen molar-refractivity contribution in [1.29, 1.82) is 0 Å². The molecule has 8 nitrogen and oxygen atoms in total. The first-order valence-corrected chi connectivity index (χ1v) is 11.2. The predicted octanol–water partition coefficient (Wildman–Crippen LogP) is 2.03. The third-order valence-corrected chi connectivity index (χ3v) is 7.42. The van der Waals surface area contributed by atoms with Crippen LogP contribution in [0.4, 0.5) is 0 Å².